The van der Waals surface area contributed by atoms with Gasteiger partial charge in [0.2, 0.25) is 0 Å². The second-order valence-corrected chi connectivity index (χ2v) is 4.49. The van der Waals surface area contributed by atoms with Gasteiger partial charge in [0, 0.05) is 11.6 Å². The van der Waals surface area contributed by atoms with E-state index in [4.69, 9.17) is 4.74 Å². The Kier molecular flexibility index (Phi) is 3.95. The summed E-state index contributed by atoms with van der Waals surface area (Å²) in [7, 11) is 0. The number of benzene rings is 2. The Labute approximate surface area is 111 Å². The van der Waals surface area contributed by atoms with Crippen LogP contribution >= 0.6 is 0 Å². The molecule has 0 radical (unpaired) electrons. The molecule has 19 heavy (non-hydrogen) atoms. The highest BCUT2D eigenvalue weighted by atomic mass is 19.1. The van der Waals surface area contributed by atoms with Gasteiger partial charge in [0.1, 0.15) is 11.6 Å². The van der Waals surface area contributed by atoms with Crippen molar-refractivity contribution in [3.8, 4) is 5.75 Å². The minimum Gasteiger partial charge on any atom is -0.485 e. The molecule has 0 aliphatic rings. The molecule has 0 N–H and O–H groups in total. The Morgan fingerprint density at radius 2 is 1.95 bits per heavy atom. The van der Waals surface area contributed by atoms with Crippen LogP contribution in [0.15, 0.2) is 42.5 Å². The molecule has 0 aromatic heterocycles. The third kappa shape index (κ3) is 3.41. The van der Waals surface area contributed by atoms with Crippen molar-refractivity contribution < 1.29 is 13.9 Å². The van der Waals surface area contributed by atoms with Gasteiger partial charge in [-0.25, -0.2) is 4.39 Å². The first-order valence-corrected chi connectivity index (χ1v) is 6.05. The van der Waals surface area contributed by atoms with E-state index in [-0.39, 0.29) is 18.2 Å². The number of Topliss-reactive ketones (excluding diaryl/α,β-unsaturated/α-hetero) is 1. The van der Waals surface area contributed by atoms with Gasteiger partial charge in [0.15, 0.2) is 12.4 Å². The Bertz CT molecular complexity index is 605. The lowest BCUT2D eigenvalue weighted by Crippen LogP contribution is -2.12. The van der Waals surface area contributed by atoms with Crippen LogP contribution in [-0.2, 0) is 0 Å². The van der Waals surface area contributed by atoms with E-state index < -0.39 is 0 Å². The quantitative estimate of drug-likeness (QED) is 0.781. The van der Waals surface area contributed by atoms with E-state index in [2.05, 4.69) is 0 Å². The molecular weight excluding hydrogens is 243 g/mol. The lowest BCUT2D eigenvalue weighted by molar-refractivity contribution is 0.0920. The minimum absolute atomic E-state index is 0.0895. The maximum atomic E-state index is 13.1. The van der Waals surface area contributed by atoms with Crippen molar-refractivity contribution in [3.05, 3.63) is 65.0 Å². The molecule has 0 saturated carbocycles. The molecule has 98 valence electrons. The number of hydrogen-bond acceptors (Lipinski definition) is 2. The molecular formula is C16H15FO2. The Balaban J connectivity index is 2.06. The fourth-order valence-electron chi connectivity index (χ4n) is 1.77. The molecule has 2 aromatic rings. The van der Waals surface area contributed by atoms with Crippen molar-refractivity contribution in [2.45, 2.75) is 13.8 Å². The number of rotatable bonds is 4. The zero-order valence-corrected chi connectivity index (χ0v) is 10.9. The van der Waals surface area contributed by atoms with Gasteiger partial charge in [-0.15, -0.1) is 0 Å². The Morgan fingerprint density at radius 3 is 2.68 bits per heavy atom. The van der Waals surface area contributed by atoms with E-state index in [0.29, 0.717) is 11.3 Å². The molecule has 0 unspecified atom stereocenters. The van der Waals surface area contributed by atoms with Gasteiger partial charge in [0.25, 0.3) is 0 Å². The standard InChI is InChI=1S/C16H15FO2/c1-11-4-3-5-13(8-11)15(18)10-19-16-9-14(17)7-6-12(16)2/h3-9H,10H2,1-2H3. The Morgan fingerprint density at radius 1 is 1.16 bits per heavy atom. The smallest absolute Gasteiger partial charge is 0.200 e. The van der Waals surface area contributed by atoms with Gasteiger partial charge in [0.05, 0.1) is 0 Å². The molecule has 2 nitrogen and oxygen atoms in total. The third-order valence-corrected chi connectivity index (χ3v) is 2.85. The van der Waals surface area contributed by atoms with E-state index >= 15 is 0 Å². The highest BCUT2D eigenvalue weighted by Gasteiger charge is 2.08. The molecule has 0 amide bonds. The van der Waals surface area contributed by atoms with Crippen LogP contribution in [0.3, 0.4) is 0 Å². The topological polar surface area (TPSA) is 26.3 Å². The molecule has 0 saturated heterocycles. The summed E-state index contributed by atoms with van der Waals surface area (Å²) in [5.41, 5.74) is 2.43. The van der Waals surface area contributed by atoms with E-state index in [1.54, 1.807) is 12.1 Å². The van der Waals surface area contributed by atoms with Crippen LogP contribution in [0, 0.1) is 19.7 Å². The molecule has 0 heterocycles. The van der Waals surface area contributed by atoms with Crippen molar-refractivity contribution in [2.75, 3.05) is 6.61 Å². The molecule has 0 fully saturated rings. The van der Waals surface area contributed by atoms with Gasteiger partial charge >= 0.3 is 0 Å². The molecule has 0 bridgehead atoms. The first kappa shape index (κ1) is 13.3. The summed E-state index contributed by atoms with van der Waals surface area (Å²) < 4.78 is 18.5. The zero-order valence-electron chi connectivity index (χ0n) is 10.9. The highest BCUT2D eigenvalue weighted by molar-refractivity contribution is 5.97. The summed E-state index contributed by atoms with van der Waals surface area (Å²) in [6, 6.07) is 11.6. The average Bonchev–Trinajstić information content (AvgIpc) is 2.39. The van der Waals surface area contributed by atoms with Crippen LogP contribution in [-0.4, -0.2) is 12.4 Å². The van der Waals surface area contributed by atoms with Crippen LogP contribution in [0.4, 0.5) is 4.39 Å². The first-order valence-electron chi connectivity index (χ1n) is 6.05. The van der Waals surface area contributed by atoms with Crippen LogP contribution in [0.25, 0.3) is 0 Å². The van der Waals surface area contributed by atoms with Gasteiger partial charge in [-0.05, 0) is 31.5 Å². The lowest BCUT2D eigenvalue weighted by Gasteiger charge is -2.08. The van der Waals surface area contributed by atoms with Gasteiger partial charge in [-0.3, -0.25) is 4.79 Å². The molecule has 0 atom stereocenters. The van der Waals surface area contributed by atoms with Gasteiger partial charge in [-0.2, -0.15) is 0 Å². The Hall–Kier alpha value is -2.16. The second kappa shape index (κ2) is 5.65. The largest absolute Gasteiger partial charge is 0.485 e. The number of ether oxygens (including phenoxy) is 1. The zero-order chi connectivity index (χ0) is 13.8. The molecule has 3 heteroatoms. The summed E-state index contributed by atoms with van der Waals surface area (Å²) >= 11 is 0. The predicted molar refractivity (Wildman–Crippen MR) is 72.1 cm³/mol. The van der Waals surface area contributed by atoms with E-state index in [0.717, 1.165) is 11.1 Å². The number of aryl methyl sites for hydroxylation is 2. The maximum absolute atomic E-state index is 13.1. The summed E-state index contributed by atoms with van der Waals surface area (Å²) in [5.74, 6) is -0.0861. The molecule has 2 aromatic carbocycles. The van der Waals surface area contributed by atoms with E-state index in [1.165, 1.54) is 12.1 Å². The third-order valence-electron chi connectivity index (χ3n) is 2.85. The normalized spacial score (nSPS) is 10.3. The van der Waals surface area contributed by atoms with Crippen molar-refractivity contribution in [1.82, 2.24) is 0 Å². The number of ketones is 1. The number of halogens is 1. The fourth-order valence-corrected chi connectivity index (χ4v) is 1.77. The summed E-state index contributed by atoms with van der Waals surface area (Å²) in [4.78, 5) is 11.9. The van der Waals surface area contributed by atoms with Crippen LogP contribution < -0.4 is 4.74 Å². The number of carbonyl (C=O) groups is 1. The van der Waals surface area contributed by atoms with Crippen LogP contribution in [0.2, 0.25) is 0 Å². The average molecular weight is 258 g/mol. The predicted octanol–water partition coefficient (Wildman–Crippen LogP) is 3.70. The lowest BCUT2D eigenvalue weighted by atomic mass is 10.1. The SMILES string of the molecule is Cc1cccc(C(=O)COc2cc(F)ccc2C)c1. The van der Waals surface area contributed by atoms with Crippen molar-refractivity contribution in [1.29, 1.82) is 0 Å². The molecule has 2 rings (SSSR count). The van der Waals surface area contributed by atoms with E-state index in [9.17, 15) is 9.18 Å². The summed E-state index contributed by atoms with van der Waals surface area (Å²) in [6.07, 6.45) is 0. The number of carbonyl (C=O) groups excluding carboxylic acids is 1. The first-order chi connectivity index (χ1) is 9.06. The summed E-state index contributed by atoms with van der Waals surface area (Å²) in [6.45, 7) is 3.65. The monoisotopic (exact) mass is 258 g/mol. The van der Waals surface area contributed by atoms with Crippen LogP contribution in [0.5, 0.6) is 5.75 Å². The minimum atomic E-state index is -0.372. The maximum Gasteiger partial charge on any atom is 0.200 e. The molecule has 0 aliphatic heterocycles. The highest BCUT2D eigenvalue weighted by Crippen LogP contribution is 2.19. The fraction of sp³-hybridized carbons (Fsp3) is 0.188. The van der Waals surface area contributed by atoms with Crippen molar-refractivity contribution in [3.63, 3.8) is 0 Å². The number of hydrogen-bond donors (Lipinski definition) is 0. The van der Waals surface area contributed by atoms with E-state index in [1.807, 2.05) is 32.0 Å². The molecule has 0 aliphatic carbocycles. The van der Waals surface area contributed by atoms with Gasteiger partial charge in [-0.1, -0.05) is 29.8 Å². The second-order valence-electron chi connectivity index (χ2n) is 4.49. The molecule has 0 spiro atoms. The van der Waals surface area contributed by atoms with Gasteiger partial charge < -0.3 is 4.74 Å². The van der Waals surface area contributed by atoms with Crippen molar-refractivity contribution >= 4 is 5.78 Å². The van der Waals surface area contributed by atoms with Crippen LogP contribution in [0.1, 0.15) is 21.5 Å². The van der Waals surface area contributed by atoms with Crippen molar-refractivity contribution in [2.24, 2.45) is 0 Å². The summed E-state index contributed by atoms with van der Waals surface area (Å²) in [5, 5.41) is 0.